The standard InChI is InChI=1S/C5H4ClN3OS/c1-3(11)10-5-4(6)2-7-9-8-5/h2H,1H3. The molecule has 0 fully saturated rings. The Morgan fingerprint density at radius 2 is 2.45 bits per heavy atom. The third-order valence-corrected chi connectivity index (χ3v) is 1.15. The van der Waals surface area contributed by atoms with Crippen LogP contribution in [0.3, 0.4) is 0 Å². The lowest BCUT2D eigenvalue weighted by atomic mass is 10.6. The molecule has 0 aromatic carbocycles. The average molecular weight is 190 g/mol. The molecule has 4 nitrogen and oxygen atoms in total. The lowest BCUT2D eigenvalue weighted by Crippen LogP contribution is -2.02. The molecule has 0 N–H and O–H groups in total. The molecule has 1 aromatic heterocycles. The van der Waals surface area contributed by atoms with Gasteiger partial charge in [0.2, 0.25) is 0 Å². The fourth-order valence-corrected chi connectivity index (χ4v) is 0.650. The molecule has 1 heterocycles. The molecule has 0 aliphatic heterocycles. The molecule has 1 rings (SSSR count). The van der Waals surface area contributed by atoms with Crippen molar-refractivity contribution < 1.29 is 4.74 Å². The van der Waals surface area contributed by atoms with Gasteiger partial charge in [0, 0.05) is 6.92 Å². The second-order valence-corrected chi connectivity index (χ2v) is 2.66. The van der Waals surface area contributed by atoms with Gasteiger partial charge in [-0.3, -0.25) is 0 Å². The Hall–Kier alpha value is -0.810. The van der Waals surface area contributed by atoms with Gasteiger partial charge in [0.1, 0.15) is 5.02 Å². The molecular formula is C5H4ClN3OS. The molecule has 0 saturated carbocycles. The minimum Gasteiger partial charge on any atom is -0.429 e. The third kappa shape index (κ3) is 2.36. The molecule has 0 aliphatic rings. The summed E-state index contributed by atoms with van der Waals surface area (Å²) in [6.45, 7) is 1.62. The number of ether oxygens (including phenoxy) is 1. The molecule has 0 amide bonds. The van der Waals surface area contributed by atoms with Gasteiger partial charge in [0.15, 0.2) is 5.05 Å². The van der Waals surface area contributed by atoms with Crippen LogP contribution >= 0.6 is 23.8 Å². The number of aromatic nitrogens is 3. The summed E-state index contributed by atoms with van der Waals surface area (Å²) in [5, 5.41) is 10.9. The number of halogens is 1. The first-order valence-electron chi connectivity index (χ1n) is 2.72. The van der Waals surface area contributed by atoms with E-state index in [1.54, 1.807) is 6.92 Å². The lowest BCUT2D eigenvalue weighted by Gasteiger charge is -1.99. The summed E-state index contributed by atoms with van der Waals surface area (Å²) in [7, 11) is 0. The minimum absolute atomic E-state index is 0.189. The van der Waals surface area contributed by atoms with E-state index in [9.17, 15) is 0 Å². The smallest absolute Gasteiger partial charge is 0.261 e. The Bertz CT molecular complexity index is 280. The fourth-order valence-electron chi connectivity index (χ4n) is 0.451. The summed E-state index contributed by atoms with van der Waals surface area (Å²) in [6, 6.07) is 0. The summed E-state index contributed by atoms with van der Waals surface area (Å²) < 4.78 is 4.93. The van der Waals surface area contributed by atoms with Gasteiger partial charge >= 0.3 is 0 Å². The molecule has 0 saturated heterocycles. The maximum absolute atomic E-state index is 5.62. The van der Waals surface area contributed by atoms with Gasteiger partial charge in [-0.25, -0.2) is 0 Å². The summed E-state index contributed by atoms with van der Waals surface area (Å²) in [5.74, 6) is 0.189. The Kier molecular flexibility index (Phi) is 2.67. The largest absolute Gasteiger partial charge is 0.429 e. The van der Waals surface area contributed by atoms with E-state index in [1.807, 2.05) is 0 Å². The normalized spacial score (nSPS) is 9.27. The highest BCUT2D eigenvalue weighted by molar-refractivity contribution is 7.80. The molecule has 0 spiro atoms. The van der Waals surface area contributed by atoms with Crippen molar-refractivity contribution in [2.45, 2.75) is 6.92 Å². The summed E-state index contributed by atoms with van der Waals surface area (Å²) >= 11 is 10.3. The highest BCUT2D eigenvalue weighted by Gasteiger charge is 2.03. The zero-order valence-corrected chi connectivity index (χ0v) is 7.19. The van der Waals surface area contributed by atoms with Crippen LogP contribution in [0.2, 0.25) is 5.02 Å². The van der Waals surface area contributed by atoms with Crippen molar-refractivity contribution in [1.29, 1.82) is 0 Å². The zero-order chi connectivity index (χ0) is 8.27. The van der Waals surface area contributed by atoms with Crippen LogP contribution in [0.4, 0.5) is 0 Å². The zero-order valence-electron chi connectivity index (χ0n) is 5.61. The maximum atomic E-state index is 5.62. The van der Waals surface area contributed by atoms with Crippen LogP contribution in [0, 0.1) is 0 Å². The second-order valence-electron chi connectivity index (χ2n) is 1.68. The number of rotatable bonds is 1. The fraction of sp³-hybridized carbons (Fsp3) is 0.200. The Labute approximate surface area is 73.5 Å². The highest BCUT2D eigenvalue weighted by atomic mass is 35.5. The summed E-state index contributed by atoms with van der Waals surface area (Å²) in [4.78, 5) is 0. The third-order valence-electron chi connectivity index (χ3n) is 0.803. The monoisotopic (exact) mass is 189 g/mol. The predicted molar refractivity (Wildman–Crippen MR) is 43.7 cm³/mol. The van der Waals surface area contributed by atoms with Gasteiger partial charge in [-0.1, -0.05) is 16.7 Å². The van der Waals surface area contributed by atoms with Gasteiger partial charge in [-0.05, 0) is 17.4 Å². The number of nitrogens with zero attached hydrogens (tertiary/aromatic N) is 3. The Morgan fingerprint density at radius 1 is 1.73 bits per heavy atom. The van der Waals surface area contributed by atoms with Gasteiger partial charge in [-0.15, -0.1) is 5.10 Å². The molecule has 0 atom stereocenters. The topological polar surface area (TPSA) is 47.9 Å². The molecule has 58 valence electrons. The van der Waals surface area contributed by atoms with Gasteiger partial charge < -0.3 is 4.74 Å². The van der Waals surface area contributed by atoms with Crippen molar-refractivity contribution in [3.8, 4) is 5.88 Å². The van der Waals surface area contributed by atoms with E-state index in [0.717, 1.165) is 0 Å². The van der Waals surface area contributed by atoms with Crippen molar-refractivity contribution in [2.24, 2.45) is 0 Å². The van der Waals surface area contributed by atoms with E-state index in [4.69, 9.17) is 16.3 Å². The van der Waals surface area contributed by atoms with Crippen LogP contribution in [-0.4, -0.2) is 20.5 Å². The molecule has 6 heteroatoms. The second kappa shape index (κ2) is 3.54. The van der Waals surface area contributed by atoms with Crippen LogP contribution in [0.5, 0.6) is 5.88 Å². The molecule has 0 radical (unpaired) electrons. The molecule has 0 unspecified atom stereocenters. The van der Waals surface area contributed by atoms with Crippen molar-refractivity contribution >= 4 is 28.9 Å². The minimum atomic E-state index is 0.189. The maximum Gasteiger partial charge on any atom is 0.261 e. The molecule has 1 aromatic rings. The van der Waals surface area contributed by atoms with E-state index in [-0.39, 0.29) is 5.88 Å². The Balaban J connectivity index is 2.86. The lowest BCUT2D eigenvalue weighted by molar-refractivity contribution is 0.519. The van der Waals surface area contributed by atoms with Crippen LogP contribution < -0.4 is 4.74 Å². The number of hydrogen-bond acceptors (Lipinski definition) is 5. The SMILES string of the molecule is CC(=S)Oc1nnncc1Cl. The van der Waals surface area contributed by atoms with Crippen LogP contribution in [0.15, 0.2) is 6.20 Å². The highest BCUT2D eigenvalue weighted by Crippen LogP contribution is 2.17. The van der Waals surface area contributed by atoms with Crippen LogP contribution in [0.1, 0.15) is 6.92 Å². The Morgan fingerprint density at radius 3 is 3.00 bits per heavy atom. The van der Waals surface area contributed by atoms with Crippen molar-refractivity contribution in [3.63, 3.8) is 0 Å². The first-order chi connectivity index (χ1) is 5.20. The van der Waals surface area contributed by atoms with Gasteiger partial charge in [-0.2, -0.15) is 0 Å². The molecule has 0 aliphatic carbocycles. The summed E-state index contributed by atoms with van der Waals surface area (Å²) in [5.41, 5.74) is 0. The number of hydrogen-bond donors (Lipinski definition) is 0. The van der Waals surface area contributed by atoms with Gasteiger partial charge in [0.05, 0.1) is 6.20 Å². The number of thiocarbonyl (C=S) groups is 1. The quantitative estimate of drug-likeness (QED) is 0.623. The average Bonchev–Trinajstić information content (AvgIpc) is 1.93. The van der Waals surface area contributed by atoms with E-state index < -0.39 is 0 Å². The van der Waals surface area contributed by atoms with Crippen molar-refractivity contribution in [1.82, 2.24) is 15.4 Å². The first kappa shape index (κ1) is 8.29. The molecule has 11 heavy (non-hydrogen) atoms. The van der Waals surface area contributed by atoms with E-state index in [1.165, 1.54) is 6.20 Å². The van der Waals surface area contributed by atoms with Gasteiger partial charge in [0.25, 0.3) is 5.88 Å². The van der Waals surface area contributed by atoms with E-state index in [0.29, 0.717) is 10.1 Å². The molecular weight excluding hydrogens is 186 g/mol. The van der Waals surface area contributed by atoms with E-state index in [2.05, 4.69) is 27.6 Å². The van der Waals surface area contributed by atoms with Crippen LogP contribution in [0.25, 0.3) is 0 Å². The van der Waals surface area contributed by atoms with Crippen molar-refractivity contribution in [2.75, 3.05) is 0 Å². The van der Waals surface area contributed by atoms with E-state index >= 15 is 0 Å². The van der Waals surface area contributed by atoms with Crippen LogP contribution in [-0.2, 0) is 0 Å². The first-order valence-corrected chi connectivity index (χ1v) is 3.51. The predicted octanol–water partition coefficient (Wildman–Crippen LogP) is 1.25. The van der Waals surface area contributed by atoms with Crippen molar-refractivity contribution in [3.05, 3.63) is 11.2 Å². The molecule has 0 bridgehead atoms. The summed E-state index contributed by atoms with van der Waals surface area (Å²) in [6.07, 6.45) is 1.34.